The van der Waals surface area contributed by atoms with Gasteiger partial charge in [0.1, 0.15) is 11.9 Å². The average Bonchev–Trinajstić information content (AvgIpc) is 3.11. The number of carbonyl (C=O) groups is 2. The smallest absolute Gasteiger partial charge is 0.228 e. The van der Waals surface area contributed by atoms with Gasteiger partial charge in [0.05, 0.1) is 10.6 Å². The molecule has 1 saturated carbocycles. The highest BCUT2D eigenvalue weighted by Crippen LogP contribution is 2.37. The van der Waals surface area contributed by atoms with E-state index in [9.17, 15) is 9.59 Å². The predicted octanol–water partition coefficient (Wildman–Crippen LogP) is 6.12. The highest BCUT2D eigenvalue weighted by molar-refractivity contribution is 6.31. The van der Waals surface area contributed by atoms with Gasteiger partial charge in [0, 0.05) is 52.3 Å². The van der Waals surface area contributed by atoms with Gasteiger partial charge in [-0.25, -0.2) is 0 Å². The highest BCUT2D eigenvalue weighted by atomic mass is 35.5. The molecule has 1 heterocycles. The van der Waals surface area contributed by atoms with Crippen LogP contribution in [-0.2, 0) is 22.6 Å². The van der Waals surface area contributed by atoms with Gasteiger partial charge in [-0.1, -0.05) is 35.9 Å². The number of halogens is 1. The van der Waals surface area contributed by atoms with Gasteiger partial charge in [0.15, 0.2) is 0 Å². The Bertz CT molecular complexity index is 1480. The fraction of sp³-hybridized carbons (Fsp3) is 0.250. The fourth-order valence-corrected chi connectivity index (χ4v) is 5.24. The molecule has 5 nitrogen and oxygen atoms in total. The topological polar surface area (TPSA) is 74.9 Å². The summed E-state index contributed by atoms with van der Waals surface area (Å²) < 4.78 is 2.27. The molecule has 1 amide bonds. The van der Waals surface area contributed by atoms with Crippen molar-refractivity contribution < 1.29 is 9.59 Å². The van der Waals surface area contributed by atoms with E-state index in [1.54, 1.807) is 18.2 Å². The van der Waals surface area contributed by atoms with Crippen molar-refractivity contribution in [1.29, 1.82) is 5.26 Å². The van der Waals surface area contributed by atoms with Crippen molar-refractivity contribution in [3.05, 3.63) is 76.8 Å². The molecule has 1 aliphatic carbocycles. The van der Waals surface area contributed by atoms with Crippen LogP contribution in [0.25, 0.3) is 21.8 Å². The normalized spacial score (nSPS) is 17.3. The van der Waals surface area contributed by atoms with Crippen LogP contribution in [0.2, 0.25) is 5.02 Å². The van der Waals surface area contributed by atoms with Crippen LogP contribution in [0.1, 0.15) is 30.9 Å². The summed E-state index contributed by atoms with van der Waals surface area (Å²) in [7, 11) is 0. The molecule has 0 spiro atoms. The number of aryl methyl sites for hydroxylation is 1. The number of hydrogen-bond acceptors (Lipinski definition) is 3. The van der Waals surface area contributed by atoms with Crippen LogP contribution < -0.4 is 5.32 Å². The van der Waals surface area contributed by atoms with E-state index in [2.05, 4.69) is 28.9 Å². The Hall–Kier alpha value is -3.62. The lowest BCUT2D eigenvalue weighted by atomic mass is 9.69. The first-order valence-electron chi connectivity index (χ1n) is 11.5. The maximum Gasteiger partial charge on any atom is 0.228 e. The number of Topliss-reactive ketones (excluding diaryl/α,β-unsaturated/α-hetero) is 1. The quantitative estimate of drug-likeness (QED) is 0.370. The second-order valence-corrected chi connectivity index (χ2v) is 9.25. The Labute approximate surface area is 202 Å². The molecule has 170 valence electrons. The molecule has 4 aromatic rings. The van der Waals surface area contributed by atoms with E-state index in [4.69, 9.17) is 16.9 Å². The van der Waals surface area contributed by atoms with Crippen LogP contribution in [0.4, 0.5) is 5.69 Å². The van der Waals surface area contributed by atoms with E-state index >= 15 is 0 Å². The lowest BCUT2D eigenvalue weighted by Crippen LogP contribution is -2.41. The maximum absolute atomic E-state index is 13.0. The Morgan fingerprint density at radius 2 is 1.79 bits per heavy atom. The molecule has 6 heteroatoms. The number of benzene rings is 3. The summed E-state index contributed by atoms with van der Waals surface area (Å²) >= 11 is 6.10. The molecule has 1 N–H and O–H groups in total. The van der Waals surface area contributed by atoms with Crippen LogP contribution in [-0.4, -0.2) is 16.3 Å². The molecule has 2 unspecified atom stereocenters. The molecule has 1 aliphatic rings. The zero-order valence-corrected chi connectivity index (χ0v) is 19.6. The number of ketones is 1. The number of amides is 1. The summed E-state index contributed by atoms with van der Waals surface area (Å²) in [5.74, 6) is -0.691. The van der Waals surface area contributed by atoms with Crippen molar-refractivity contribution in [2.45, 2.75) is 32.7 Å². The zero-order valence-electron chi connectivity index (χ0n) is 18.8. The molecular weight excluding hydrogens is 446 g/mol. The van der Waals surface area contributed by atoms with Crippen LogP contribution in [0.3, 0.4) is 0 Å². The number of fused-ring (bicyclic) bond motifs is 3. The first-order valence-corrected chi connectivity index (χ1v) is 11.9. The second kappa shape index (κ2) is 8.96. The van der Waals surface area contributed by atoms with Crippen molar-refractivity contribution in [3.63, 3.8) is 0 Å². The van der Waals surface area contributed by atoms with E-state index in [1.165, 1.54) is 5.52 Å². The number of carbonyl (C=O) groups excluding carboxylic acids is 2. The first-order chi connectivity index (χ1) is 16.5. The molecule has 0 bridgehead atoms. The predicted molar refractivity (Wildman–Crippen MR) is 135 cm³/mol. The van der Waals surface area contributed by atoms with Gasteiger partial charge in [-0.3, -0.25) is 9.59 Å². The van der Waals surface area contributed by atoms with Gasteiger partial charge in [-0.05, 0) is 61.7 Å². The molecule has 3 aromatic carbocycles. The third-order valence-electron chi connectivity index (χ3n) is 6.91. The molecular formula is C28H24ClN3O2. The number of nitrogens with zero attached hydrogens (tertiary/aromatic N) is 2. The number of aromatic nitrogens is 1. The fourth-order valence-electron chi connectivity index (χ4n) is 5.00. The van der Waals surface area contributed by atoms with Crippen LogP contribution in [0.15, 0.2) is 60.7 Å². The van der Waals surface area contributed by atoms with E-state index in [0.29, 0.717) is 23.4 Å². The standard InChI is InChI=1S/C28H24ClN3O2/c1-2-32-25-6-4-3-5-20(25)23-15-19(9-12-26(23)32)31-28(34)22-11-10-21(22)27(33)14-17-7-8-18(16-30)24(29)13-17/h3-9,12-13,15,21-22H,2,10-11,14H2,1H3,(H,31,34). The molecule has 1 aromatic heterocycles. The third-order valence-corrected chi connectivity index (χ3v) is 7.23. The Morgan fingerprint density at radius 3 is 2.50 bits per heavy atom. The summed E-state index contributed by atoms with van der Waals surface area (Å²) in [5.41, 5.74) is 4.21. The molecule has 0 aliphatic heterocycles. The number of rotatable bonds is 6. The second-order valence-electron chi connectivity index (χ2n) is 8.84. The maximum atomic E-state index is 13.0. The van der Waals surface area contributed by atoms with Gasteiger partial charge >= 0.3 is 0 Å². The van der Waals surface area contributed by atoms with E-state index in [0.717, 1.165) is 34.1 Å². The molecule has 34 heavy (non-hydrogen) atoms. The minimum Gasteiger partial charge on any atom is -0.341 e. The monoisotopic (exact) mass is 469 g/mol. The summed E-state index contributed by atoms with van der Waals surface area (Å²) in [4.78, 5) is 25.9. The lowest BCUT2D eigenvalue weighted by molar-refractivity contribution is -0.135. The first kappa shape index (κ1) is 22.2. The van der Waals surface area contributed by atoms with Gasteiger partial charge in [-0.2, -0.15) is 5.26 Å². The summed E-state index contributed by atoms with van der Waals surface area (Å²) in [6.45, 7) is 2.99. The van der Waals surface area contributed by atoms with Crippen molar-refractivity contribution >= 4 is 50.8 Å². The molecule has 0 saturated heterocycles. The van der Waals surface area contributed by atoms with Crippen molar-refractivity contribution in [3.8, 4) is 6.07 Å². The molecule has 2 atom stereocenters. The highest BCUT2D eigenvalue weighted by Gasteiger charge is 2.40. The van der Waals surface area contributed by atoms with Gasteiger partial charge in [0.2, 0.25) is 5.91 Å². The lowest BCUT2D eigenvalue weighted by Gasteiger charge is -2.34. The van der Waals surface area contributed by atoms with Gasteiger partial charge in [0.25, 0.3) is 0 Å². The van der Waals surface area contributed by atoms with E-state index in [1.807, 2.05) is 36.4 Å². The number of anilines is 1. The SMILES string of the molecule is CCn1c2ccccc2c2cc(NC(=O)C3CCC3C(=O)Cc3ccc(C#N)c(Cl)c3)ccc21. The van der Waals surface area contributed by atoms with Crippen LogP contribution in [0, 0.1) is 23.2 Å². The number of nitriles is 1. The zero-order chi connectivity index (χ0) is 23.8. The number of nitrogens with one attached hydrogen (secondary N) is 1. The Morgan fingerprint density at radius 1 is 1.03 bits per heavy atom. The van der Waals surface area contributed by atoms with E-state index < -0.39 is 0 Å². The van der Waals surface area contributed by atoms with Crippen LogP contribution >= 0.6 is 11.6 Å². The molecule has 1 fully saturated rings. The minimum absolute atomic E-state index is 0.0358. The van der Waals surface area contributed by atoms with Gasteiger partial charge in [-0.15, -0.1) is 0 Å². The minimum atomic E-state index is -0.325. The molecule has 5 rings (SSSR count). The Balaban J connectivity index is 1.31. The van der Waals surface area contributed by atoms with E-state index in [-0.39, 0.29) is 29.9 Å². The number of para-hydroxylation sites is 1. The molecule has 0 radical (unpaired) electrons. The van der Waals surface area contributed by atoms with Crippen molar-refractivity contribution in [2.75, 3.05) is 5.32 Å². The number of hydrogen-bond donors (Lipinski definition) is 1. The Kier molecular flexibility index (Phi) is 5.85. The summed E-state index contributed by atoms with van der Waals surface area (Å²) in [6, 6.07) is 21.3. The average molecular weight is 470 g/mol. The third kappa shape index (κ3) is 3.85. The largest absolute Gasteiger partial charge is 0.341 e. The van der Waals surface area contributed by atoms with Crippen LogP contribution in [0.5, 0.6) is 0 Å². The summed E-state index contributed by atoms with van der Waals surface area (Å²) in [5, 5.41) is 14.7. The van der Waals surface area contributed by atoms with Crippen molar-refractivity contribution in [2.24, 2.45) is 11.8 Å². The summed E-state index contributed by atoms with van der Waals surface area (Å²) in [6.07, 6.45) is 1.63. The van der Waals surface area contributed by atoms with Crippen molar-refractivity contribution in [1.82, 2.24) is 4.57 Å². The van der Waals surface area contributed by atoms with Gasteiger partial charge < -0.3 is 9.88 Å².